The van der Waals surface area contributed by atoms with Crippen LogP contribution in [0.25, 0.3) is 0 Å². The minimum Gasteiger partial charge on any atom is -0.496 e. The van der Waals surface area contributed by atoms with Crippen LogP contribution in [0.15, 0.2) is 12.1 Å². The summed E-state index contributed by atoms with van der Waals surface area (Å²) in [7, 11) is 1.56. The van der Waals surface area contributed by atoms with Crippen molar-refractivity contribution in [3.8, 4) is 11.5 Å². The van der Waals surface area contributed by atoms with Gasteiger partial charge in [-0.25, -0.2) is 0 Å². The van der Waals surface area contributed by atoms with Gasteiger partial charge < -0.3 is 25.1 Å². The van der Waals surface area contributed by atoms with Gasteiger partial charge in [0.25, 0.3) is 0 Å². The van der Waals surface area contributed by atoms with Crippen molar-refractivity contribution >= 4 is 5.97 Å². The molecule has 1 aromatic rings. The number of aliphatic carboxylic acids is 1. The van der Waals surface area contributed by atoms with Crippen LogP contribution >= 0.6 is 0 Å². The lowest BCUT2D eigenvalue weighted by Crippen LogP contribution is -2.20. The van der Waals surface area contributed by atoms with Crippen molar-refractivity contribution in [2.75, 3.05) is 13.9 Å². The summed E-state index contributed by atoms with van der Waals surface area (Å²) in [5.41, 5.74) is 7.69. The Morgan fingerprint density at radius 1 is 1.58 bits per heavy atom. The smallest absolute Gasteiger partial charge is 0.303 e. The largest absolute Gasteiger partial charge is 0.496 e. The summed E-state index contributed by atoms with van der Waals surface area (Å²) < 4.78 is 16.0. The number of carboxylic acids is 1. The predicted octanol–water partition coefficient (Wildman–Crippen LogP) is 1.43. The highest BCUT2D eigenvalue weighted by atomic mass is 16.7. The van der Waals surface area contributed by atoms with E-state index < -0.39 is 12.0 Å². The Bertz CT molecular complexity index is 474. The molecule has 1 unspecified atom stereocenters. The van der Waals surface area contributed by atoms with Crippen LogP contribution in [0.5, 0.6) is 11.5 Å². The summed E-state index contributed by atoms with van der Waals surface area (Å²) in [4.78, 5) is 10.6. The highest BCUT2D eigenvalue weighted by molar-refractivity contribution is 5.66. The van der Waals surface area contributed by atoms with Crippen molar-refractivity contribution in [3.63, 3.8) is 0 Å². The first-order valence-electron chi connectivity index (χ1n) is 6.01. The number of nitrogens with two attached hydrogens (primary N) is 1. The van der Waals surface area contributed by atoms with Crippen LogP contribution in [0.3, 0.4) is 0 Å². The summed E-state index contributed by atoms with van der Waals surface area (Å²) in [6.45, 7) is 0.603. The topological polar surface area (TPSA) is 91.0 Å². The molecule has 0 aliphatic carbocycles. The average molecular weight is 267 g/mol. The Kier molecular flexibility index (Phi) is 4.24. The molecule has 0 bridgehead atoms. The van der Waals surface area contributed by atoms with Crippen LogP contribution in [-0.2, 0) is 16.1 Å². The fourth-order valence-corrected chi connectivity index (χ4v) is 2.16. The van der Waals surface area contributed by atoms with E-state index in [1.54, 1.807) is 13.2 Å². The number of carbonyl (C=O) groups is 1. The van der Waals surface area contributed by atoms with Crippen molar-refractivity contribution in [2.24, 2.45) is 5.73 Å². The second-order valence-electron chi connectivity index (χ2n) is 4.31. The highest BCUT2D eigenvalue weighted by Crippen LogP contribution is 2.37. The molecule has 1 aliphatic rings. The van der Waals surface area contributed by atoms with E-state index in [1.807, 2.05) is 6.07 Å². The third-order valence-corrected chi connectivity index (χ3v) is 3.08. The van der Waals surface area contributed by atoms with Gasteiger partial charge in [0.05, 0.1) is 13.7 Å². The van der Waals surface area contributed by atoms with Gasteiger partial charge in [-0.3, -0.25) is 4.79 Å². The average Bonchev–Trinajstić information content (AvgIpc) is 2.43. The number of hydrogen-bond donors (Lipinski definition) is 2. The third-order valence-electron chi connectivity index (χ3n) is 3.08. The Balaban J connectivity index is 2.32. The molecular formula is C13H17NO5. The van der Waals surface area contributed by atoms with E-state index in [9.17, 15) is 4.79 Å². The molecule has 104 valence electrons. The van der Waals surface area contributed by atoms with Gasteiger partial charge in [-0.15, -0.1) is 0 Å². The van der Waals surface area contributed by atoms with E-state index in [-0.39, 0.29) is 13.2 Å². The number of rotatable bonds is 5. The second kappa shape index (κ2) is 5.90. The summed E-state index contributed by atoms with van der Waals surface area (Å²) >= 11 is 0. The van der Waals surface area contributed by atoms with Crippen molar-refractivity contribution in [3.05, 3.63) is 23.3 Å². The molecular weight excluding hydrogens is 250 g/mol. The van der Waals surface area contributed by atoms with Gasteiger partial charge in [-0.1, -0.05) is 0 Å². The maximum Gasteiger partial charge on any atom is 0.303 e. The standard InChI is InChI=1S/C13H17NO5/c1-17-11-4-3-10-8(6-18-7-19-10)13(11)9(14)2-5-12(15)16/h3-4,9H,2,5-7,14H2,1H3,(H,15,16). The lowest BCUT2D eigenvalue weighted by molar-refractivity contribution is -0.137. The van der Waals surface area contributed by atoms with Crippen LogP contribution in [0.4, 0.5) is 0 Å². The number of benzene rings is 1. The van der Waals surface area contributed by atoms with Crippen molar-refractivity contribution in [1.29, 1.82) is 0 Å². The van der Waals surface area contributed by atoms with Gasteiger partial charge in [-0.05, 0) is 18.6 Å². The summed E-state index contributed by atoms with van der Waals surface area (Å²) in [6.07, 6.45) is 0.345. The van der Waals surface area contributed by atoms with Crippen LogP contribution in [0, 0.1) is 0 Å². The van der Waals surface area contributed by atoms with Gasteiger partial charge in [0.1, 0.15) is 11.5 Å². The van der Waals surface area contributed by atoms with Crippen LogP contribution < -0.4 is 15.2 Å². The molecule has 0 saturated carbocycles. The molecule has 19 heavy (non-hydrogen) atoms. The fraction of sp³-hybridized carbons (Fsp3) is 0.462. The highest BCUT2D eigenvalue weighted by Gasteiger charge is 2.23. The molecule has 2 rings (SSSR count). The monoisotopic (exact) mass is 267 g/mol. The zero-order chi connectivity index (χ0) is 13.8. The first-order valence-corrected chi connectivity index (χ1v) is 6.01. The Morgan fingerprint density at radius 3 is 3.05 bits per heavy atom. The Labute approximate surface area is 111 Å². The molecule has 1 atom stereocenters. The van der Waals surface area contributed by atoms with Crippen LogP contribution in [-0.4, -0.2) is 25.0 Å². The van der Waals surface area contributed by atoms with Crippen LogP contribution in [0.1, 0.15) is 30.0 Å². The summed E-state index contributed by atoms with van der Waals surface area (Å²) in [5, 5.41) is 8.74. The zero-order valence-electron chi connectivity index (χ0n) is 10.7. The molecule has 0 fully saturated rings. The summed E-state index contributed by atoms with van der Waals surface area (Å²) in [6, 6.07) is 3.16. The first kappa shape index (κ1) is 13.6. The Morgan fingerprint density at radius 2 is 2.37 bits per heavy atom. The Hall–Kier alpha value is -1.79. The molecule has 0 amide bonds. The predicted molar refractivity (Wildman–Crippen MR) is 67.1 cm³/mol. The van der Waals surface area contributed by atoms with Gasteiger partial charge in [0.15, 0.2) is 6.79 Å². The quantitative estimate of drug-likeness (QED) is 0.838. The molecule has 0 radical (unpaired) electrons. The maximum atomic E-state index is 10.6. The number of hydrogen-bond acceptors (Lipinski definition) is 5. The van der Waals surface area contributed by atoms with Crippen molar-refractivity contribution < 1.29 is 24.1 Å². The molecule has 0 saturated heterocycles. The van der Waals surface area contributed by atoms with E-state index in [2.05, 4.69) is 0 Å². The molecule has 3 N–H and O–H groups in total. The molecule has 0 aromatic heterocycles. The number of ether oxygens (including phenoxy) is 3. The third kappa shape index (κ3) is 2.97. The minimum atomic E-state index is -0.869. The van der Waals surface area contributed by atoms with E-state index in [0.717, 1.165) is 11.1 Å². The molecule has 6 nitrogen and oxygen atoms in total. The molecule has 1 heterocycles. The van der Waals surface area contributed by atoms with E-state index in [0.29, 0.717) is 24.5 Å². The second-order valence-corrected chi connectivity index (χ2v) is 4.31. The lowest BCUT2D eigenvalue weighted by atomic mass is 9.95. The van der Waals surface area contributed by atoms with Gasteiger partial charge in [0.2, 0.25) is 0 Å². The number of carboxylic acid groups (broad SMARTS) is 1. The van der Waals surface area contributed by atoms with Crippen molar-refractivity contribution in [2.45, 2.75) is 25.5 Å². The lowest BCUT2D eigenvalue weighted by Gasteiger charge is -2.25. The van der Waals surface area contributed by atoms with E-state index in [4.69, 9.17) is 25.1 Å². The minimum absolute atomic E-state index is 0.00963. The van der Waals surface area contributed by atoms with E-state index in [1.165, 1.54) is 0 Å². The first-order chi connectivity index (χ1) is 9.13. The molecule has 1 aliphatic heterocycles. The maximum absolute atomic E-state index is 10.6. The molecule has 1 aromatic carbocycles. The van der Waals surface area contributed by atoms with Gasteiger partial charge >= 0.3 is 5.97 Å². The SMILES string of the molecule is COc1ccc2c(c1C(N)CCC(=O)O)COCO2. The summed E-state index contributed by atoms with van der Waals surface area (Å²) in [5.74, 6) is 0.477. The number of methoxy groups -OCH3 is 1. The van der Waals surface area contributed by atoms with Gasteiger partial charge in [0, 0.05) is 23.6 Å². The fourth-order valence-electron chi connectivity index (χ4n) is 2.16. The van der Waals surface area contributed by atoms with Crippen molar-refractivity contribution in [1.82, 2.24) is 0 Å². The normalized spacial score (nSPS) is 15.3. The van der Waals surface area contributed by atoms with Gasteiger partial charge in [-0.2, -0.15) is 0 Å². The molecule has 0 spiro atoms. The van der Waals surface area contributed by atoms with Crippen LogP contribution in [0.2, 0.25) is 0 Å². The van der Waals surface area contributed by atoms with E-state index >= 15 is 0 Å². The zero-order valence-corrected chi connectivity index (χ0v) is 10.7. The molecule has 6 heteroatoms. The number of fused-ring (bicyclic) bond motifs is 1.